The van der Waals surface area contributed by atoms with Gasteiger partial charge in [-0.2, -0.15) is 0 Å². The maximum absolute atomic E-state index is 13.2. The molecular weight excluding hydrogens is 456 g/mol. The topological polar surface area (TPSA) is 78.4 Å². The van der Waals surface area contributed by atoms with Crippen LogP contribution in [0.3, 0.4) is 0 Å². The van der Waals surface area contributed by atoms with E-state index >= 15 is 0 Å². The molecule has 0 aliphatic carbocycles. The molecule has 0 aliphatic heterocycles. The summed E-state index contributed by atoms with van der Waals surface area (Å²) in [4.78, 5) is 26.8. The fraction of sp³-hybridized carbons (Fsp3) is 0.379. The Morgan fingerprint density at radius 3 is 2.11 bits per heavy atom. The van der Waals surface area contributed by atoms with Gasteiger partial charge in [-0.3, -0.25) is 9.59 Å². The normalized spacial score (nSPS) is 12.9. The van der Waals surface area contributed by atoms with E-state index in [0.29, 0.717) is 23.3 Å². The lowest BCUT2D eigenvalue weighted by atomic mass is 10.00. The molecule has 0 aromatic heterocycles. The molecule has 0 heterocycles. The van der Waals surface area contributed by atoms with E-state index in [1.807, 2.05) is 96.1 Å². The van der Waals surface area contributed by atoms with Crippen LogP contribution in [0.15, 0.2) is 65.6 Å². The zero-order valence-corrected chi connectivity index (χ0v) is 22.3. The number of amides is 2. The molecule has 1 unspecified atom stereocenters. The van der Waals surface area contributed by atoms with Gasteiger partial charge in [-0.15, -0.1) is 11.8 Å². The van der Waals surface area contributed by atoms with Gasteiger partial charge in [-0.05, 0) is 76.4 Å². The summed E-state index contributed by atoms with van der Waals surface area (Å²) in [7, 11) is 0. The quantitative estimate of drug-likeness (QED) is 0.376. The number of hydrogen-bond donors (Lipinski definition) is 3. The van der Waals surface area contributed by atoms with Crippen LogP contribution in [0, 0.1) is 0 Å². The molecule has 35 heavy (non-hydrogen) atoms. The lowest BCUT2D eigenvalue weighted by molar-refractivity contribution is 0.0908. The molecule has 2 amide bonds. The highest BCUT2D eigenvalue weighted by Gasteiger charge is 2.22. The van der Waals surface area contributed by atoms with Crippen LogP contribution in [0.4, 0.5) is 0 Å². The number of rotatable bonds is 7. The van der Waals surface area contributed by atoms with Gasteiger partial charge in [0, 0.05) is 27.3 Å². The van der Waals surface area contributed by atoms with E-state index in [0.717, 1.165) is 21.2 Å². The van der Waals surface area contributed by atoms with Crippen LogP contribution in [0.25, 0.3) is 10.8 Å². The molecule has 3 aromatic carbocycles. The maximum Gasteiger partial charge on any atom is 0.253 e. The first-order chi connectivity index (χ1) is 16.3. The molecule has 0 aliphatic rings. The van der Waals surface area contributed by atoms with Gasteiger partial charge in [-0.1, -0.05) is 48.5 Å². The van der Waals surface area contributed by atoms with Gasteiger partial charge >= 0.3 is 0 Å². The lowest BCUT2D eigenvalue weighted by Gasteiger charge is -2.23. The minimum Gasteiger partial charge on any atom is -0.392 e. The van der Waals surface area contributed by atoms with E-state index in [2.05, 4.69) is 10.6 Å². The Kier molecular flexibility index (Phi) is 8.29. The largest absolute Gasteiger partial charge is 0.392 e. The first-order valence-corrected chi connectivity index (χ1v) is 12.9. The Balaban J connectivity index is 1.80. The summed E-state index contributed by atoms with van der Waals surface area (Å²) < 4.78 is 0. The number of carbonyl (C=O) groups is 2. The third kappa shape index (κ3) is 7.58. The van der Waals surface area contributed by atoms with Crippen molar-refractivity contribution < 1.29 is 14.7 Å². The Bertz CT molecular complexity index is 1210. The van der Waals surface area contributed by atoms with Crippen molar-refractivity contribution in [3.8, 4) is 0 Å². The zero-order chi connectivity index (χ0) is 25.8. The van der Waals surface area contributed by atoms with E-state index in [1.54, 1.807) is 6.07 Å². The average Bonchev–Trinajstić information content (AvgIpc) is 2.75. The number of nitrogens with one attached hydrogen (secondary N) is 2. The first kappa shape index (κ1) is 26.8. The Morgan fingerprint density at radius 1 is 0.829 bits per heavy atom. The fourth-order valence-corrected chi connectivity index (χ4v) is 4.84. The Morgan fingerprint density at radius 2 is 1.43 bits per heavy atom. The summed E-state index contributed by atoms with van der Waals surface area (Å²) >= 11 is 1.46. The van der Waals surface area contributed by atoms with Gasteiger partial charge in [0.2, 0.25) is 0 Å². The standard InChI is InChI=1S/C29H36N2O3S/c1-28(2,3)30-26(33)23-14-10-8-12-20(23)17-21(32)18-35-24-16-15-19-11-7-9-13-22(19)25(24)27(34)31-29(4,5)6/h7-16,21,32H,17-18H2,1-6H3,(H,30,33)(H,31,34). The Labute approximate surface area is 212 Å². The second-order valence-corrected chi connectivity index (χ2v) is 12.0. The second kappa shape index (κ2) is 10.8. The minimum atomic E-state index is -0.686. The summed E-state index contributed by atoms with van der Waals surface area (Å²) in [6.07, 6.45) is -0.341. The van der Waals surface area contributed by atoms with Crippen LogP contribution in [0.2, 0.25) is 0 Å². The molecule has 3 rings (SSSR count). The molecular formula is C29H36N2O3S. The smallest absolute Gasteiger partial charge is 0.253 e. The molecule has 0 saturated carbocycles. The van der Waals surface area contributed by atoms with Crippen molar-refractivity contribution in [1.29, 1.82) is 0 Å². The van der Waals surface area contributed by atoms with Crippen molar-refractivity contribution in [3.63, 3.8) is 0 Å². The number of aliphatic hydroxyl groups is 1. The molecule has 0 saturated heterocycles. The third-order valence-corrected chi connectivity index (χ3v) is 6.45. The van der Waals surface area contributed by atoms with E-state index in [1.165, 1.54) is 11.8 Å². The van der Waals surface area contributed by atoms with Gasteiger partial charge in [0.1, 0.15) is 0 Å². The highest BCUT2D eigenvalue weighted by Crippen LogP contribution is 2.31. The van der Waals surface area contributed by atoms with Crippen molar-refractivity contribution in [2.24, 2.45) is 0 Å². The van der Waals surface area contributed by atoms with Crippen LogP contribution in [-0.4, -0.2) is 39.9 Å². The lowest BCUT2D eigenvalue weighted by Crippen LogP contribution is -2.41. The summed E-state index contributed by atoms with van der Waals surface area (Å²) in [5, 5.41) is 18.8. The van der Waals surface area contributed by atoms with E-state index in [9.17, 15) is 14.7 Å². The monoisotopic (exact) mass is 492 g/mol. The predicted molar refractivity (Wildman–Crippen MR) is 145 cm³/mol. The van der Waals surface area contributed by atoms with E-state index in [4.69, 9.17) is 0 Å². The van der Waals surface area contributed by atoms with Gasteiger partial charge in [0.15, 0.2) is 0 Å². The number of thioether (sulfide) groups is 1. The van der Waals surface area contributed by atoms with Crippen LogP contribution in [-0.2, 0) is 6.42 Å². The summed E-state index contributed by atoms with van der Waals surface area (Å²) in [6, 6.07) is 19.2. The molecule has 5 nitrogen and oxygen atoms in total. The summed E-state index contributed by atoms with van der Waals surface area (Å²) in [6.45, 7) is 11.7. The number of fused-ring (bicyclic) bond motifs is 1. The number of carbonyl (C=O) groups excluding carboxylic acids is 2. The first-order valence-electron chi connectivity index (χ1n) is 11.9. The van der Waals surface area contributed by atoms with Gasteiger partial charge in [0.05, 0.1) is 11.7 Å². The number of aliphatic hydroxyl groups excluding tert-OH is 1. The van der Waals surface area contributed by atoms with Crippen molar-refractivity contribution in [1.82, 2.24) is 10.6 Å². The third-order valence-electron chi connectivity index (χ3n) is 5.24. The van der Waals surface area contributed by atoms with Gasteiger partial charge in [-0.25, -0.2) is 0 Å². The van der Waals surface area contributed by atoms with Gasteiger partial charge < -0.3 is 15.7 Å². The van der Waals surface area contributed by atoms with Crippen molar-refractivity contribution in [3.05, 3.63) is 77.4 Å². The van der Waals surface area contributed by atoms with Crippen LogP contribution in [0.1, 0.15) is 67.8 Å². The van der Waals surface area contributed by atoms with Crippen LogP contribution >= 0.6 is 11.8 Å². The predicted octanol–water partition coefficient (Wildman–Crippen LogP) is 5.59. The molecule has 1 atom stereocenters. The summed E-state index contributed by atoms with van der Waals surface area (Å²) in [5.74, 6) is 0.114. The number of benzene rings is 3. The van der Waals surface area contributed by atoms with Crippen molar-refractivity contribution in [2.45, 2.75) is 70.0 Å². The fourth-order valence-electron chi connectivity index (χ4n) is 3.84. The van der Waals surface area contributed by atoms with Crippen molar-refractivity contribution >= 4 is 34.3 Å². The SMILES string of the molecule is CC(C)(C)NC(=O)c1ccccc1CC(O)CSc1ccc2ccccc2c1C(=O)NC(C)(C)C. The van der Waals surface area contributed by atoms with Crippen molar-refractivity contribution in [2.75, 3.05) is 5.75 Å². The zero-order valence-electron chi connectivity index (χ0n) is 21.4. The molecule has 0 spiro atoms. The molecule has 0 fully saturated rings. The number of hydrogen-bond acceptors (Lipinski definition) is 4. The maximum atomic E-state index is 13.2. The Hall–Kier alpha value is -2.83. The highest BCUT2D eigenvalue weighted by molar-refractivity contribution is 7.99. The molecule has 6 heteroatoms. The summed E-state index contributed by atoms with van der Waals surface area (Å²) in [5.41, 5.74) is 1.28. The van der Waals surface area contributed by atoms with Gasteiger partial charge in [0.25, 0.3) is 11.8 Å². The second-order valence-electron chi connectivity index (χ2n) is 10.9. The molecule has 3 N–H and O–H groups in total. The molecule has 0 radical (unpaired) electrons. The van der Waals surface area contributed by atoms with E-state index < -0.39 is 6.10 Å². The van der Waals surface area contributed by atoms with Crippen LogP contribution < -0.4 is 10.6 Å². The highest BCUT2D eigenvalue weighted by atomic mass is 32.2. The van der Waals surface area contributed by atoms with E-state index in [-0.39, 0.29) is 22.9 Å². The molecule has 186 valence electrons. The van der Waals surface area contributed by atoms with Crippen LogP contribution in [0.5, 0.6) is 0 Å². The molecule has 0 bridgehead atoms. The molecule has 3 aromatic rings. The minimum absolute atomic E-state index is 0.129. The average molecular weight is 493 g/mol.